The van der Waals surface area contributed by atoms with E-state index in [2.05, 4.69) is 4.90 Å². The van der Waals surface area contributed by atoms with Crippen molar-refractivity contribution in [2.45, 2.75) is 70.1 Å². The van der Waals surface area contributed by atoms with Gasteiger partial charge in [0.1, 0.15) is 6.10 Å². The van der Waals surface area contributed by atoms with Gasteiger partial charge in [-0.05, 0) is 56.7 Å². The standard InChI is InChI=1S/C24H36FN3O4/c1-17(29)28-16-24(21-14-18(25)2-3-22(21)28)7-11-26(12-8-24)19-4-9-27(10-5-19)23(30)32-20-6-13-31-15-20/h14,19-22H,2-13,15-16H2,1H3/t20-,21?,22?/m1/s1. The summed E-state index contributed by atoms with van der Waals surface area (Å²) < 4.78 is 25.0. The number of carbonyl (C=O) groups is 2. The molecule has 0 bridgehead atoms. The van der Waals surface area contributed by atoms with Crippen LogP contribution < -0.4 is 0 Å². The van der Waals surface area contributed by atoms with Gasteiger partial charge >= 0.3 is 6.09 Å². The second-order valence-electron chi connectivity index (χ2n) is 10.4. The van der Waals surface area contributed by atoms with Crippen LogP contribution in [0.5, 0.6) is 0 Å². The predicted octanol–water partition coefficient (Wildman–Crippen LogP) is 2.95. The molecule has 32 heavy (non-hydrogen) atoms. The zero-order valence-corrected chi connectivity index (χ0v) is 19.1. The van der Waals surface area contributed by atoms with Gasteiger partial charge in [-0.3, -0.25) is 4.79 Å². The van der Waals surface area contributed by atoms with Crippen LogP contribution in [0, 0.1) is 11.3 Å². The van der Waals surface area contributed by atoms with Gasteiger partial charge in [-0.1, -0.05) is 0 Å². The van der Waals surface area contributed by atoms with Crippen LogP contribution in [0.25, 0.3) is 0 Å². The molecular formula is C24H36FN3O4. The summed E-state index contributed by atoms with van der Waals surface area (Å²) in [6.45, 7) is 7.04. The molecule has 2 unspecified atom stereocenters. The maximum Gasteiger partial charge on any atom is 0.410 e. The molecule has 8 heteroatoms. The van der Waals surface area contributed by atoms with Crippen molar-refractivity contribution in [1.82, 2.24) is 14.7 Å². The number of hydrogen-bond donors (Lipinski definition) is 0. The summed E-state index contributed by atoms with van der Waals surface area (Å²) in [6, 6.07) is 0.643. The number of hydrogen-bond acceptors (Lipinski definition) is 5. The molecule has 3 atom stereocenters. The Morgan fingerprint density at radius 3 is 2.53 bits per heavy atom. The quantitative estimate of drug-likeness (QED) is 0.649. The zero-order chi connectivity index (χ0) is 22.3. The Hall–Kier alpha value is -1.67. The predicted molar refractivity (Wildman–Crippen MR) is 117 cm³/mol. The summed E-state index contributed by atoms with van der Waals surface area (Å²) in [5, 5.41) is 0. The number of carbonyl (C=O) groups excluding carboxylic acids is 2. The Bertz CT molecular complexity index is 752. The molecule has 0 aromatic carbocycles. The van der Waals surface area contributed by atoms with Crippen LogP contribution in [0.1, 0.15) is 51.9 Å². The summed E-state index contributed by atoms with van der Waals surface area (Å²) >= 11 is 0. The average Bonchev–Trinajstić information content (AvgIpc) is 3.41. The van der Waals surface area contributed by atoms with E-state index >= 15 is 0 Å². The third-order valence-electron chi connectivity index (χ3n) is 8.64. The van der Waals surface area contributed by atoms with E-state index in [-0.39, 0.29) is 41.3 Å². The van der Waals surface area contributed by atoms with Crippen molar-refractivity contribution in [3.05, 3.63) is 11.9 Å². The van der Waals surface area contributed by atoms with E-state index in [4.69, 9.17) is 9.47 Å². The number of halogens is 1. The van der Waals surface area contributed by atoms with Crippen LogP contribution in [0.15, 0.2) is 11.9 Å². The first-order valence-corrected chi connectivity index (χ1v) is 12.4. The van der Waals surface area contributed by atoms with Crippen LogP contribution in [-0.4, -0.2) is 90.8 Å². The molecule has 1 spiro atoms. The molecule has 0 saturated carbocycles. The molecule has 5 aliphatic rings. The van der Waals surface area contributed by atoms with Crippen molar-refractivity contribution < 1.29 is 23.5 Å². The molecule has 5 rings (SSSR count). The van der Waals surface area contributed by atoms with Gasteiger partial charge in [0.15, 0.2) is 0 Å². The average molecular weight is 450 g/mol. The maximum atomic E-state index is 14.2. The van der Waals surface area contributed by atoms with Crippen molar-refractivity contribution in [3.8, 4) is 0 Å². The highest BCUT2D eigenvalue weighted by Gasteiger charge is 2.54. The highest BCUT2D eigenvalue weighted by Crippen LogP contribution is 2.52. The summed E-state index contributed by atoms with van der Waals surface area (Å²) in [5.74, 6) is 0.277. The van der Waals surface area contributed by atoms with Gasteiger partial charge in [0.2, 0.25) is 5.91 Å². The lowest BCUT2D eigenvalue weighted by atomic mass is 9.67. The van der Waals surface area contributed by atoms with E-state index in [0.717, 1.165) is 71.2 Å². The normalized spacial score (nSPS) is 33.3. The third kappa shape index (κ3) is 4.16. The van der Waals surface area contributed by atoms with E-state index in [9.17, 15) is 14.0 Å². The number of allylic oxidation sites excluding steroid dienone is 1. The Balaban J connectivity index is 1.15. The molecular weight excluding hydrogens is 413 g/mol. The lowest BCUT2D eigenvalue weighted by molar-refractivity contribution is -0.130. The van der Waals surface area contributed by atoms with Crippen molar-refractivity contribution in [2.75, 3.05) is 45.9 Å². The lowest BCUT2D eigenvalue weighted by Gasteiger charge is -2.47. The van der Waals surface area contributed by atoms with E-state index in [1.807, 2.05) is 15.9 Å². The van der Waals surface area contributed by atoms with Gasteiger partial charge in [-0.2, -0.15) is 0 Å². The molecule has 178 valence electrons. The fraction of sp³-hybridized carbons (Fsp3) is 0.833. The lowest BCUT2D eigenvalue weighted by Crippen LogP contribution is -2.52. The van der Waals surface area contributed by atoms with E-state index in [1.54, 1.807) is 6.92 Å². The molecule has 0 N–H and O–H groups in total. The minimum absolute atomic E-state index is 0.00174. The van der Waals surface area contributed by atoms with Crippen LogP contribution in [0.3, 0.4) is 0 Å². The monoisotopic (exact) mass is 449 g/mol. The van der Waals surface area contributed by atoms with Gasteiger partial charge < -0.3 is 24.2 Å². The maximum absolute atomic E-state index is 14.2. The minimum atomic E-state index is -0.205. The fourth-order valence-corrected chi connectivity index (χ4v) is 6.76. The molecule has 7 nitrogen and oxygen atoms in total. The Morgan fingerprint density at radius 1 is 1.12 bits per heavy atom. The molecule has 4 heterocycles. The molecule has 0 radical (unpaired) electrons. The first-order chi connectivity index (χ1) is 15.4. The van der Waals surface area contributed by atoms with Crippen LogP contribution >= 0.6 is 0 Å². The molecule has 4 aliphatic heterocycles. The Morgan fingerprint density at radius 2 is 1.88 bits per heavy atom. The van der Waals surface area contributed by atoms with Crippen molar-refractivity contribution >= 4 is 12.0 Å². The summed E-state index contributed by atoms with van der Waals surface area (Å²) in [6.07, 6.45) is 7.48. The van der Waals surface area contributed by atoms with Crippen molar-refractivity contribution in [2.24, 2.45) is 11.3 Å². The number of rotatable bonds is 2. The highest BCUT2D eigenvalue weighted by molar-refractivity contribution is 5.74. The van der Waals surface area contributed by atoms with Crippen LogP contribution in [0.2, 0.25) is 0 Å². The molecule has 0 aromatic rings. The first kappa shape index (κ1) is 22.1. The highest BCUT2D eigenvalue weighted by atomic mass is 19.1. The van der Waals surface area contributed by atoms with Gasteiger partial charge in [-0.15, -0.1) is 0 Å². The van der Waals surface area contributed by atoms with Gasteiger partial charge in [0.05, 0.1) is 19.0 Å². The molecule has 0 aromatic heterocycles. The topological polar surface area (TPSA) is 62.3 Å². The number of ether oxygens (including phenoxy) is 2. The van der Waals surface area contributed by atoms with E-state index < -0.39 is 0 Å². The number of likely N-dealkylation sites (tertiary alicyclic amines) is 3. The van der Waals surface area contributed by atoms with E-state index in [1.165, 1.54) is 0 Å². The molecule has 4 fully saturated rings. The first-order valence-electron chi connectivity index (χ1n) is 12.4. The SMILES string of the molecule is CC(=O)N1CC2(CCN(C3CCN(C(=O)O[C@@H]4CCOC4)CC3)CC2)C2C=C(F)CCC21. The molecule has 4 saturated heterocycles. The Kier molecular flexibility index (Phi) is 6.18. The largest absolute Gasteiger partial charge is 0.444 e. The van der Waals surface area contributed by atoms with Gasteiger partial charge in [0, 0.05) is 57.4 Å². The zero-order valence-electron chi connectivity index (χ0n) is 19.1. The number of nitrogens with zero attached hydrogens (tertiary/aromatic N) is 3. The molecule has 1 aliphatic carbocycles. The smallest absolute Gasteiger partial charge is 0.410 e. The second-order valence-corrected chi connectivity index (χ2v) is 10.4. The van der Waals surface area contributed by atoms with Gasteiger partial charge in [-0.25, -0.2) is 9.18 Å². The third-order valence-corrected chi connectivity index (χ3v) is 8.64. The van der Waals surface area contributed by atoms with Gasteiger partial charge in [0.25, 0.3) is 0 Å². The van der Waals surface area contributed by atoms with Crippen LogP contribution in [0.4, 0.5) is 9.18 Å². The van der Waals surface area contributed by atoms with Crippen molar-refractivity contribution in [1.29, 1.82) is 0 Å². The number of amides is 2. The number of fused-ring (bicyclic) bond motifs is 2. The summed E-state index contributed by atoms with van der Waals surface area (Å²) in [4.78, 5) is 31.1. The van der Waals surface area contributed by atoms with Crippen LogP contribution in [-0.2, 0) is 14.3 Å². The number of piperidine rings is 2. The second kappa shape index (κ2) is 8.93. The summed E-state index contributed by atoms with van der Waals surface area (Å²) in [7, 11) is 0. The Labute approximate surface area is 189 Å². The van der Waals surface area contributed by atoms with Crippen molar-refractivity contribution in [3.63, 3.8) is 0 Å². The molecule has 2 amide bonds. The fourth-order valence-electron chi connectivity index (χ4n) is 6.76. The van der Waals surface area contributed by atoms with E-state index in [0.29, 0.717) is 25.7 Å². The minimum Gasteiger partial charge on any atom is -0.444 e. The summed E-state index contributed by atoms with van der Waals surface area (Å²) in [5.41, 5.74) is 0.0124.